The Balaban J connectivity index is 2.94. The smallest absolute Gasteiger partial charge is 0.378 e. The Hall–Kier alpha value is -1.68. The number of ether oxygens (including phenoxy) is 1. The minimum absolute atomic E-state index is 0.107. The molecule has 16 heavy (non-hydrogen) atoms. The molecule has 0 radical (unpaired) electrons. The van der Waals surface area contributed by atoms with Crippen LogP contribution in [-0.2, 0) is 19.9 Å². The van der Waals surface area contributed by atoms with Gasteiger partial charge in [0.25, 0.3) is 5.78 Å². The molecule has 0 aliphatic carbocycles. The van der Waals surface area contributed by atoms with Gasteiger partial charge < -0.3 is 9.84 Å². The number of ketones is 1. The fourth-order valence-corrected chi connectivity index (χ4v) is 1.29. The number of aliphatic hydroxyl groups is 1. The Bertz CT molecular complexity index is 381. The van der Waals surface area contributed by atoms with Gasteiger partial charge in [0.1, 0.15) is 0 Å². The van der Waals surface area contributed by atoms with E-state index >= 15 is 0 Å². The topological polar surface area (TPSA) is 63.6 Å². The second-order valence-corrected chi connectivity index (χ2v) is 3.49. The normalized spacial score (nSPS) is 13.9. The van der Waals surface area contributed by atoms with Crippen LogP contribution >= 0.6 is 0 Å². The maximum absolute atomic E-state index is 11.6. The van der Waals surface area contributed by atoms with E-state index in [9.17, 15) is 14.7 Å². The number of Topliss-reactive ketones (excluding diaryl/α,β-unsaturated/α-hetero) is 1. The quantitative estimate of drug-likeness (QED) is 0.610. The van der Waals surface area contributed by atoms with Crippen molar-refractivity contribution in [2.45, 2.75) is 19.4 Å². The van der Waals surface area contributed by atoms with Gasteiger partial charge in [-0.25, -0.2) is 4.79 Å². The highest BCUT2D eigenvalue weighted by Crippen LogP contribution is 2.21. The van der Waals surface area contributed by atoms with Gasteiger partial charge in [-0.3, -0.25) is 4.79 Å². The van der Waals surface area contributed by atoms with Crippen LogP contribution in [0.25, 0.3) is 0 Å². The first-order chi connectivity index (χ1) is 7.50. The largest absolute Gasteiger partial charge is 0.460 e. The molecule has 0 saturated heterocycles. The number of esters is 1. The summed E-state index contributed by atoms with van der Waals surface area (Å²) in [5.41, 5.74) is -1.47. The van der Waals surface area contributed by atoms with E-state index in [1.165, 1.54) is 6.92 Å². The van der Waals surface area contributed by atoms with Gasteiger partial charge >= 0.3 is 5.97 Å². The summed E-state index contributed by atoms with van der Waals surface area (Å²) in [7, 11) is 0. The van der Waals surface area contributed by atoms with Crippen LogP contribution in [0.1, 0.15) is 19.4 Å². The van der Waals surface area contributed by atoms with Gasteiger partial charge in [0.2, 0.25) is 0 Å². The zero-order valence-corrected chi connectivity index (χ0v) is 9.27. The van der Waals surface area contributed by atoms with Crippen molar-refractivity contribution in [1.29, 1.82) is 0 Å². The summed E-state index contributed by atoms with van der Waals surface area (Å²) < 4.78 is 4.56. The van der Waals surface area contributed by atoms with Crippen molar-refractivity contribution in [2.75, 3.05) is 6.61 Å². The van der Waals surface area contributed by atoms with Crippen molar-refractivity contribution in [3.8, 4) is 0 Å². The summed E-state index contributed by atoms with van der Waals surface area (Å²) >= 11 is 0. The van der Waals surface area contributed by atoms with Crippen molar-refractivity contribution in [1.82, 2.24) is 0 Å². The van der Waals surface area contributed by atoms with Crippen LogP contribution < -0.4 is 0 Å². The molecule has 4 nitrogen and oxygen atoms in total. The summed E-state index contributed by atoms with van der Waals surface area (Å²) in [4.78, 5) is 22.9. The summed E-state index contributed by atoms with van der Waals surface area (Å²) in [5.74, 6) is -1.98. The average molecular weight is 222 g/mol. The molecule has 0 bridgehead atoms. The van der Waals surface area contributed by atoms with Crippen molar-refractivity contribution in [3.05, 3.63) is 35.9 Å². The predicted octanol–water partition coefficient (Wildman–Crippen LogP) is 1.03. The van der Waals surface area contributed by atoms with Crippen LogP contribution in [0.15, 0.2) is 30.3 Å². The Morgan fingerprint density at radius 2 is 1.88 bits per heavy atom. The van der Waals surface area contributed by atoms with Crippen LogP contribution in [0.4, 0.5) is 0 Å². The third kappa shape index (κ3) is 2.46. The molecule has 0 saturated carbocycles. The van der Waals surface area contributed by atoms with Crippen LogP contribution in [0.5, 0.6) is 0 Å². The molecule has 1 aromatic rings. The lowest BCUT2D eigenvalue weighted by atomic mass is 9.91. The Labute approximate surface area is 93.9 Å². The van der Waals surface area contributed by atoms with Crippen molar-refractivity contribution >= 4 is 11.8 Å². The van der Waals surface area contributed by atoms with E-state index in [0.29, 0.717) is 5.56 Å². The van der Waals surface area contributed by atoms with E-state index in [2.05, 4.69) is 4.74 Å². The lowest BCUT2D eigenvalue weighted by molar-refractivity contribution is -0.162. The molecule has 1 rings (SSSR count). The second-order valence-electron chi connectivity index (χ2n) is 3.49. The third-order valence-electron chi connectivity index (χ3n) is 2.24. The fourth-order valence-electron chi connectivity index (χ4n) is 1.29. The molecule has 0 aromatic heterocycles. The fraction of sp³-hybridized carbons (Fsp3) is 0.333. The number of carbonyl (C=O) groups excluding carboxylic acids is 2. The lowest BCUT2D eigenvalue weighted by Crippen LogP contribution is -2.38. The molecule has 1 unspecified atom stereocenters. The molecule has 0 spiro atoms. The van der Waals surface area contributed by atoms with E-state index in [4.69, 9.17) is 0 Å². The molecule has 0 fully saturated rings. The van der Waals surface area contributed by atoms with E-state index in [0.717, 1.165) is 0 Å². The van der Waals surface area contributed by atoms with E-state index < -0.39 is 17.4 Å². The minimum atomic E-state index is -1.84. The average Bonchev–Trinajstić information content (AvgIpc) is 2.29. The van der Waals surface area contributed by atoms with Crippen molar-refractivity contribution in [2.24, 2.45) is 0 Å². The van der Waals surface area contributed by atoms with E-state index in [1.54, 1.807) is 37.3 Å². The third-order valence-corrected chi connectivity index (χ3v) is 2.24. The molecule has 1 aromatic carbocycles. The minimum Gasteiger partial charge on any atom is -0.460 e. The van der Waals surface area contributed by atoms with Crippen LogP contribution in [0.2, 0.25) is 0 Å². The molecule has 0 heterocycles. The summed E-state index contributed by atoms with van der Waals surface area (Å²) in [6, 6.07) is 8.28. The van der Waals surface area contributed by atoms with Gasteiger partial charge in [-0.1, -0.05) is 30.3 Å². The highest BCUT2D eigenvalue weighted by Gasteiger charge is 2.38. The molecule has 0 amide bonds. The molecule has 4 heteroatoms. The second kappa shape index (κ2) is 4.90. The SMILES string of the molecule is CCOC(=O)C(=O)C(C)(O)c1ccccc1. The van der Waals surface area contributed by atoms with Gasteiger partial charge in [0.05, 0.1) is 6.61 Å². The Morgan fingerprint density at radius 1 is 1.31 bits per heavy atom. The van der Waals surface area contributed by atoms with Crippen LogP contribution in [0.3, 0.4) is 0 Å². The number of rotatable bonds is 4. The highest BCUT2D eigenvalue weighted by atomic mass is 16.5. The van der Waals surface area contributed by atoms with Crippen molar-refractivity contribution in [3.63, 3.8) is 0 Å². The van der Waals surface area contributed by atoms with Gasteiger partial charge in [0.15, 0.2) is 5.60 Å². The zero-order chi connectivity index (χ0) is 12.2. The molecular weight excluding hydrogens is 208 g/mol. The number of benzene rings is 1. The molecule has 0 aliphatic heterocycles. The summed E-state index contributed by atoms with van der Waals surface area (Å²) in [6.07, 6.45) is 0. The van der Waals surface area contributed by atoms with Gasteiger partial charge in [-0.2, -0.15) is 0 Å². The van der Waals surface area contributed by atoms with E-state index in [-0.39, 0.29) is 6.61 Å². The molecule has 1 N–H and O–H groups in total. The standard InChI is InChI=1S/C12H14O4/c1-3-16-11(14)10(13)12(2,15)9-7-5-4-6-8-9/h4-8,15H,3H2,1-2H3. The molecular formula is C12H14O4. The van der Waals surface area contributed by atoms with Gasteiger partial charge in [-0.15, -0.1) is 0 Å². The van der Waals surface area contributed by atoms with Crippen LogP contribution in [0, 0.1) is 0 Å². The predicted molar refractivity (Wildman–Crippen MR) is 57.7 cm³/mol. The first-order valence-electron chi connectivity index (χ1n) is 4.99. The molecule has 0 aliphatic rings. The molecule has 1 atom stereocenters. The number of hydrogen-bond donors (Lipinski definition) is 1. The van der Waals surface area contributed by atoms with Gasteiger partial charge in [0, 0.05) is 0 Å². The zero-order valence-electron chi connectivity index (χ0n) is 9.27. The monoisotopic (exact) mass is 222 g/mol. The van der Waals surface area contributed by atoms with Crippen LogP contribution in [-0.4, -0.2) is 23.5 Å². The Kier molecular flexibility index (Phi) is 3.79. The van der Waals surface area contributed by atoms with E-state index in [1.807, 2.05) is 0 Å². The highest BCUT2D eigenvalue weighted by molar-refractivity contribution is 6.36. The maximum atomic E-state index is 11.6. The number of carbonyl (C=O) groups is 2. The first kappa shape index (κ1) is 12.4. The number of hydrogen-bond acceptors (Lipinski definition) is 4. The summed E-state index contributed by atoms with van der Waals surface area (Å²) in [5, 5.41) is 10.0. The lowest BCUT2D eigenvalue weighted by Gasteiger charge is -2.20. The van der Waals surface area contributed by atoms with Crippen molar-refractivity contribution < 1.29 is 19.4 Å². The maximum Gasteiger partial charge on any atom is 0.378 e. The Morgan fingerprint density at radius 3 is 2.38 bits per heavy atom. The summed E-state index contributed by atoms with van der Waals surface area (Å²) in [6.45, 7) is 2.99. The van der Waals surface area contributed by atoms with Gasteiger partial charge in [-0.05, 0) is 19.4 Å². The molecule has 86 valence electrons. The first-order valence-corrected chi connectivity index (χ1v) is 4.99.